The van der Waals surface area contributed by atoms with Gasteiger partial charge in [0.2, 0.25) is 0 Å². The van der Waals surface area contributed by atoms with Crippen LogP contribution in [0.1, 0.15) is 11.7 Å². The van der Waals surface area contributed by atoms with Gasteiger partial charge >= 0.3 is 0 Å². The first-order valence-electron chi connectivity index (χ1n) is 3.44. The first-order chi connectivity index (χ1) is 6.06. The van der Waals surface area contributed by atoms with Gasteiger partial charge in [0.25, 0.3) is 0 Å². The van der Waals surface area contributed by atoms with E-state index < -0.39 is 6.10 Å². The second-order valence-electron chi connectivity index (χ2n) is 2.46. The molecule has 13 heavy (non-hydrogen) atoms. The van der Waals surface area contributed by atoms with Crippen LogP contribution in [0, 0.1) is 0 Å². The van der Waals surface area contributed by atoms with Gasteiger partial charge in [0.05, 0.1) is 22.0 Å². The topological polar surface area (TPSA) is 20.2 Å². The summed E-state index contributed by atoms with van der Waals surface area (Å²) in [5.74, 6) is 0.0671. The molecule has 0 aromatic heterocycles. The molecule has 0 amide bonds. The lowest BCUT2D eigenvalue weighted by Gasteiger charge is -2.10. The third-order valence-corrected chi connectivity index (χ3v) is 2.89. The monoisotopic (exact) mass is 258 g/mol. The Morgan fingerprint density at radius 1 is 1.08 bits per heavy atom. The largest absolute Gasteiger partial charge is 0.387 e. The van der Waals surface area contributed by atoms with Crippen LogP contribution in [0.2, 0.25) is 15.1 Å². The number of benzene rings is 1. The summed E-state index contributed by atoms with van der Waals surface area (Å²) in [4.78, 5) is 0. The quantitative estimate of drug-likeness (QED) is 0.631. The summed E-state index contributed by atoms with van der Waals surface area (Å²) < 4.78 is 0. The van der Waals surface area contributed by atoms with E-state index in [0.29, 0.717) is 20.6 Å². The highest BCUT2D eigenvalue weighted by Gasteiger charge is 2.12. The fraction of sp³-hybridized carbons (Fsp3) is 0.250. The van der Waals surface area contributed by atoms with E-state index in [9.17, 15) is 5.11 Å². The number of aliphatic hydroxyl groups excluding tert-OH is 1. The van der Waals surface area contributed by atoms with Gasteiger partial charge in [-0.3, -0.25) is 0 Å². The van der Waals surface area contributed by atoms with E-state index >= 15 is 0 Å². The molecule has 0 saturated carbocycles. The standard InChI is InChI=1S/C8H6Cl4O/c9-3-8(13)4-1-6(11)7(12)2-5(4)10/h1-2,8,13H,3H2/t8-/m0/s1. The van der Waals surface area contributed by atoms with Crippen LogP contribution in [0.15, 0.2) is 12.1 Å². The molecule has 72 valence electrons. The number of alkyl halides is 1. The molecule has 1 atom stereocenters. The van der Waals surface area contributed by atoms with Gasteiger partial charge in [-0.25, -0.2) is 0 Å². The Hall–Kier alpha value is 0.340. The van der Waals surface area contributed by atoms with Crippen molar-refractivity contribution in [3.63, 3.8) is 0 Å². The van der Waals surface area contributed by atoms with Gasteiger partial charge in [0.15, 0.2) is 0 Å². The van der Waals surface area contributed by atoms with Crippen LogP contribution in [0.3, 0.4) is 0 Å². The highest BCUT2D eigenvalue weighted by atomic mass is 35.5. The molecule has 1 rings (SSSR count). The van der Waals surface area contributed by atoms with Crippen molar-refractivity contribution in [3.05, 3.63) is 32.8 Å². The highest BCUT2D eigenvalue weighted by Crippen LogP contribution is 2.32. The van der Waals surface area contributed by atoms with Crippen LogP contribution in [0.25, 0.3) is 0 Å². The Bertz CT molecular complexity index is 313. The summed E-state index contributed by atoms with van der Waals surface area (Å²) in [6, 6.07) is 3.00. The molecule has 0 spiro atoms. The molecule has 1 aromatic rings. The van der Waals surface area contributed by atoms with E-state index in [1.54, 1.807) is 0 Å². The SMILES string of the molecule is O[C@@H](CCl)c1cc(Cl)c(Cl)cc1Cl. The zero-order chi connectivity index (χ0) is 10.0. The smallest absolute Gasteiger partial charge is 0.0940 e. The maximum atomic E-state index is 9.41. The molecule has 0 heterocycles. The summed E-state index contributed by atoms with van der Waals surface area (Å²) in [6.07, 6.45) is -0.816. The Morgan fingerprint density at radius 2 is 1.62 bits per heavy atom. The second kappa shape index (κ2) is 4.72. The lowest BCUT2D eigenvalue weighted by molar-refractivity contribution is 0.203. The van der Waals surface area contributed by atoms with E-state index in [1.807, 2.05) is 0 Å². The van der Waals surface area contributed by atoms with Gasteiger partial charge in [0, 0.05) is 10.6 Å². The van der Waals surface area contributed by atoms with E-state index in [0.717, 1.165) is 0 Å². The van der Waals surface area contributed by atoms with Crippen LogP contribution in [0.5, 0.6) is 0 Å². The molecule has 1 nitrogen and oxygen atoms in total. The summed E-state index contributed by atoms with van der Waals surface area (Å²) in [5, 5.41) is 10.5. The van der Waals surface area contributed by atoms with Crippen LogP contribution in [-0.4, -0.2) is 11.0 Å². The van der Waals surface area contributed by atoms with Crippen LogP contribution in [-0.2, 0) is 0 Å². The molecule has 0 aliphatic heterocycles. The van der Waals surface area contributed by atoms with Crippen LogP contribution < -0.4 is 0 Å². The molecular formula is C8H6Cl4O. The lowest BCUT2D eigenvalue weighted by atomic mass is 10.1. The molecule has 0 saturated heterocycles. The van der Waals surface area contributed by atoms with Crippen molar-refractivity contribution in [1.82, 2.24) is 0 Å². The van der Waals surface area contributed by atoms with Crippen molar-refractivity contribution in [3.8, 4) is 0 Å². The molecule has 1 aromatic carbocycles. The van der Waals surface area contributed by atoms with Crippen molar-refractivity contribution in [2.75, 3.05) is 5.88 Å². The highest BCUT2D eigenvalue weighted by molar-refractivity contribution is 6.43. The van der Waals surface area contributed by atoms with Crippen LogP contribution >= 0.6 is 46.4 Å². The first-order valence-corrected chi connectivity index (χ1v) is 5.11. The van der Waals surface area contributed by atoms with E-state index in [-0.39, 0.29) is 5.88 Å². The van der Waals surface area contributed by atoms with Crippen LogP contribution in [0.4, 0.5) is 0 Å². The van der Waals surface area contributed by atoms with Gasteiger partial charge in [-0.15, -0.1) is 11.6 Å². The minimum absolute atomic E-state index is 0.0671. The van der Waals surface area contributed by atoms with Gasteiger partial charge in [0.1, 0.15) is 0 Å². The number of hydrogen-bond donors (Lipinski definition) is 1. The number of aliphatic hydroxyl groups is 1. The van der Waals surface area contributed by atoms with Crippen molar-refractivity contribution in [1.29, 1.82) is 0 Å². The van der Waals surface area contributed by atoms with Gasteiger partial charge < -0.3 is 5.11 Å². The van der Waals surface area contributed by atoms with Gasteiger partial charge in [-0.2, -0.15) is 0 Å². The molecule has 0 unspecified atom stereocenters. The zero-order valence-electron chi connectivity index (χ0n) is 6.40. The minimum atomic E-state index is -0.816. The summed E-state index contributed by atoms with van der Waals surface area (Å²) in [7, 11) is 0. The van der Waals surface area contributed by atoms with Gasteiger partial charge in [-0.1, -0.05) is 34.8 Å². The number of hydrogen-bond acceptors (Lipinski definition) is 1. The van der Waals surface area contributed by atoms with Crippen molar-refractivity contribution in [2.45, 2.75) is 6.10 Å². The van der Waals surface area contributed by atoms with E-state index in [4.69, 9.17) is 46.4 Å². The lowest BCUT2D eigenvalue weighted by Crippen LogP contribution is -1.99. The average Bonchev–Trinajstić information content (AvgIpc) is 2.10. The minimum Gasteiger partial charge on any atom is -0.387 e. The van der Waals surface area contributed by atoms with Crippen molar-refractivity contribution >= 4 is 46.4 Å². The Balaban J connectivity index is 3.15. The Morgan fingerprint density at radius 3 is 2.15 bits per heavy atom. The summed E-state index contributed by atoms with van der Waals surface area (Å²) in [6.45, 7) is 0. The molecule has 0 bridgehead atoms. The second-order valence-corrected chi connectivity index (χ2v) is 3.99. The fourth-order valence-corrected chi connectivity index (χ4v) is 1.72. The summed E-state index contributed by atoms with van der Waals surface area (Å²) in [5.41, 5.74) is 0.492. The first kappa shape index (κ1) is 11.4. The molecule has 5 heteroatoms. The molecule has 0 fully saturated rings. The fourth-order valence-electron chi connectivity index (χ4n) is 0.876. The zero-order valence-corrected chi connectivity index (χ0v) is 9.42. The van der Waals surface area contributed by atoms with E-state index in [2.05, 4.69) is 0 Å². The van der Waals surface area contributed by atoms with E-state index in [1.165, 1.54) is 12.1 Å². The maximum absolute atomic E-state index is 9.41. The van der Waals surface area contributed by atoms with Crippen molar-refractivity contribution in [2.24, 2.45) is 0 Å². The Labute approximate surface area is 96.2 Å². The number of halogens is 4. The molecular weight excluding hydrogens is 254 g/mol. The molecule has 0 aliphatic rings. The normalized spacial score (nSPS) is 13.0. The van der Waals surface area contributed by atoms with Gasteiger partial charge in [-0.05, 0) is 12.1 Å². The van der Waals surface area contributed by atoms with Crippen molar-refractivity contribution < 1.29 is 5.11 Å². The molecule has 0 aliphatic carbocycles. The third kappa shape index (κ3) is 2.64. The molecule has 0 radical (unpaired) electrons. The third-order valence-electron chi connectivity index (χ3n) is 1.54. The number of rotatable bonds is 2. The molecule has 1 N–H and O–H groups in total. The predicted octanol–water partition coefficient (Wildman–Crippen LogP) is 3.92. The predicted molar refractivity (Wildman–Crippen MR) is 57.2 cm³/mol. The summed E-state index contributed by atoms with van der Waals surface area (Å²) >= 11 is 22.7. The average molecular weight is 260 g/mol. The maximum Gasteiger partial charge on any atom is 0.0940 e. The Kier molecular flexibility index (Phi) is 4.14.